The normalized spacial score (nSPS) is 12.8. The second kappa shape index (κ2) is 7.59. The Morgan fingerprint density at radius 2 is 1.50 bits per heavy atom. The minimum atomic E-state index is -0.906. The molecule has 0 saturated heterocycles. The Bertz CT molecular complexity index is 567. The van der Waals surface area contributed by atoms with Crippen LogP contribution in [-0.2, 0) is 14.5 Å². The van der Waals surface area contributed by atoms with Crippen molar-refractivity contribution in [3.8, 4) is 0 Å². The van der Waals surface area contributed by atoms with Gasteiger partial charge in [-0.2, -0.15) is 5.26 Å². The molecule has 1 aliphatic carbocycles. The maximum Gasteiger partial charge on any atom is 0.374 e. The van der Waals surface area contributed by atoms with Crippen molar-refractivity contribution in [1.29, 1.82) is 0 Å². The van der Waals surface area contributed by atoms with Crippen LogP contribution in [-0.4, -0.2) is 22.8 Å². The maximum atomic E-state index is 10.7. The van der Waals surface area contributed by atoms with Crippen LogP contribution < -0.4 is 0 Å². The molecule has 1 N–H and O–H groups in total. The van der Waals surface area contributed by atoms with Gasteiger partial charge in [0.05, 0.1) is 10.6 Å². The van der Waals surface area contributed by atoms with E-state index >= 15 is 0 Å². The van der Waals surface area contributed by atoms with E-state index < -0.39 is 5.97 Å². The summed E-state index contributed by atoms with van der Waals surface area (Å²) in [6.45, 7) is 0. The highest BCUT2D eigenvalue weighted by atomic mass is 35.5. The molecule has 2 rings (SSSR count). The molecule has 1 aromatic carbocycles. The lowest BCUT2D eigenvalue weighted by Gasteiger charge is -1.99. The van der Waals surface area contributed by atoms with Gasteiger partial charge in [0, 0.05) is 5.02 Å². The summed E-state index contributed by atoms with van der Waals surface area (Å²) >= 11 is 11.2. The van der Waals surface area contributed by atoms with Gasteiger partial charge < -0.3 is 0 Å². The third-order valence-electron chi connectivity index (χ3n) is 2.06. The highest BCUT2D eigenvalue weighted by Gasteiger charge is 2.11. The second-order valence-corrected chi connectivity index (χ2v) is 4.32. The topological polar surface area (TPSA) is 80.7 Å². The zero-order valence-electron chi connectivity index (χ0n) is 9.88. The number of allylic oxidation sites excluding steroid dienone is 4. The molecule has 0 radical (unpaired) electrons. The molecule has 104 valence electrons. The van der Waals surface area contributed by atoms with Crippen LogP contribution in [0.5, 0.6) is 0 Å². The molecule has 5 nitrogen and oxygen atoms in total. The first-order chi connectivity index (χ1) is 9.43. The highest BCUT2D eigenvalue weighted by molar-refractivity contribution is 6.36. The van der Waals surface area contributed by atoms with E-state index in [4.69, 9.17) is 28.5 Å². The van der Waals surface area contributed by atoms with Gasteiger partial charge in [0.1, 0.15) is 0 Å². The number of carbonyl (C=O) groups is 3. The Labute approximate surface area is 124 Å². The van der Waals surface area contributed by atoms with Gasteiger partial charge in [-0.3, -0.25) is 14.5 Å². The Morgan fingerprint density at radius 1 is 1.00 bits per heavy atom. The number of ketones is 2. The van der Waals surface area contributed by atoms with Gasteiger partial charge >= 0.3 is 5.97 Å². The second-order valence-electron chi connectivity index (χ2n) is 3.47. The van der Waals surface area contributed by atoms with Crippen LogP contribution in [0.4, 0.5) is 0 Å². The van der Waals surface area contributed by atoms with Gasteiger partial charge in [0.15, 0.2) is 11.6 Å². The van der Waals surface area contributed by atoms with Crippen LogP contribution >= 0.6 is 23.2 Å². The summed E-state index contributed by atoms with van der Waals surface area (Å²) < 4.78 is 0. The van der Waals surface area contributed by atoms with Gasteiger partial charge in [-0.25, -0.2) is 4.79 Å². The van der Waals surface area contributed by atoms with Crippen molar-refractivity contribution >= 4 is 40.7 Å². The Balaban J connectivity index is 0.000000217. The number of hydrogen-bond acceptors (Lipinski definition) is 5. The van der Waals surface area contributed by atoms with Gasteiger partial charge in [-0.1, -0.05) is 23.2 Å². The molecule has 0 spiro atoms. The lowest BCUT2D eigenvalue weighted by molar-refractivity contribution is -0.182. The number of halogens is 2. The van der Waals surface area contributed by atoms with Crippen LogP contribution in [0.25, 0.3) is 0 Å². The number of rotatable bonds is 1. The first-order valence-electron chi connectivity index (χ1n) is 5.19. The van der Waals surface area contributed by atoms with Gasteiger partial charge in [0.25, 0.3) is 0 Å². The molecular formula is C13H8Cl2O5. The molecule has 7 heteroatoms. The van der Waals surface area contributed by atoms with E-state index in [0.29, 0.717) is 5.02 Å². The molecular weight excluding hydrogens is 307 g/mol. The fourth-order valence-corrected chi connectivity index (χ4v) is 1.63. The first kappa shape index (κ1) is 16.1. The summed E-state index contributed by atoms with van der Waals surface area (Å²) in [5, 5.41) is 8.59. The first-order valence-corrected chi connectivity index (χ1v) is 5.94. The molecule has 0 bridgehead atoms. The Kier molecular flexibility index (Phi) is 6.11. The standard InChI is InChI=1S/C7H4Cl2O3.C6H4O2/c8-4-1-2-5(6(9)3-4)7(10)12-11;7-5-1-2-6(8)4-3-5/h1-3,11H;1-4H. The van der Waals surface area contributed by atoms with E-state index in [0.717, 1.165) is 0 Å². The zero-order chi connectivity index (χ0) is 15.1. The van der Waals surface area contributed by atoms with Crippen LogP contribution in [0.3, 0.4) is 0 Å². The van der Waals surface area contributed by atoms with Crippen molar-refractivity contribution in [3.05, 3.63) is 58.1 Å². The van der Waals surface area contributed by atoms with Gasteiger partial charge in [-0.15, -0.1) is 0 Å². The summed E-state index contributed by atoms with van der Waals surface area (Å²) in [5.74, 6) is -1.15. The third kappa shape index (κ3) is 4.97. The molecule has 20 heavy (non-hydrogen) atoms. The number of benzene rings is 1. The zero-order valence-corrected chi connectivity index (χ0v) is 11.4. The molecule has 0 aromatic heterocycles. The number of carbonyl (C=O) groups excluding carboxylic acids is 3. The summed E-state index contributed by atoms with van der Waals surface area (Å²) in [4.78, 5) is 34.8. The number of hydrogen-bond donors (Lipinski definition) is 1. The fraction of sp³-hybridized carbons (Fsp3) is 0. The van der Waals surface area contributed by atoms with Crippen LogP contribution in [0.15, 0.2) is 42.5 Å². The predicted molar refractivity (Wildman–Crippen MR) is 72.8 cm³/mol. The van der Waals surface area contributed by atoms with Crippen LogP contribution in [0.2, 0.25) is 10.0 Å². The minimum absolute atomic E-state index is 0.0727. The lowest BCUT2D eigenvalue weighted by atomic mass is 10.2. The Hall–Kier alpha value is -1.95. The predicted octanol–water partition coefficient (Wildman–Crippen LogP) is 2.87. The lowest BCUT2D eigenvalue weighted by Crippen LogP contribution is -2.01. The average molecular weight is 315 g/mol. The van der Waals surface area contributed by atoms with E-state index in [1.54, 1.807) is 0 Å². The average Bonchev–Trinajstić information content (AvgIpc) is 2.42. The van der Waals surface area contributed by atoms with E-state index in [9.17, 15) is 14.4 Å². The van der Waals surface area contributed by atoms with E-state index in [-0.39, 0.29) is 22.2 Å². The smallest absolute Gasteiger partial charge is 0.295 e. The summed E-state index contributed by atoms with van der Waals surface area (Å²) in [6.07, 6.45) is 5.01. The van der Waals surface area contributed by atoms with Crippen molar-refractivity contribution in [2.75, 3.05) is 0 Å². The summed E-state index contributed by atoms with van der Waals surface area (Å²) in [5.41, 5.74) is 0.0727. The molecule has 0 heterocycles. The van der Waals surface area contributed by atoms with Crippen molar-refractivity contribution in [2.24, 2.45) is 0 Å². The van der Waals surface area contributed by atoms with Crippen LogP contribution in [0.1, 0.15) is 10.4 Å². The monoisotopic (exact) mass is 314 g/mol. The SMILES string of the molecule is O=C(OO)c1ccc(Cl)cc1Cl.O=C1C=CC(=O)C=C1. The van der Waals surface area contributed by atoms with Crippen molar-refractivity contribution < 1.29 is 24.5 Å². The molecule has 0 saturated carbocycles. The van der Waals surface area contributed by atoms with Crippen molar-refractivity contribution in [3.63, 3.8) is 0 Å². The third-order valence-corrected chi connectivity index (χ3v) is 2.61. The van der Waals surface area contributed by atoms with E-state index in [2.05, 4.69) is 4.89 Å². The maximum absolute atomic E-state index is 10.7. The molecule has 0 aliphatic heterocycles. The quantitative estimate of drug-likeness (QED) is 0.489. The van der Waals surface area contributed by atoms with E-state index in [1.165, 1.54) is 42.5 Å². The van der Waals surface area contributed by atoms with Gasteiger partial charge in [-0.05, 0) is 42.5 Å². The highest BCUT2D eigenvalue weighted by Crippen LogP contribution is 2.21. The molecule has 1 aliphatic rings. The molecule has 1 aromatic rings. The molecule has 0 unspecified atom stereocenters. The van der Waals surface area contributed by atoms with Crippen molar-refractivity contribution in [2.45, 2.75) is 0 Å². The summed E-state index contributed by atoms with van der Waals surface area (Å²) in [6, 6.07) is 4.22. The van der Waals surface area contributed by atoms with Crippen molar-refractivity contribution in [1.82, 2.24) is 0 Å². The fourth-order valence-electron chi connectivity index (χ4n) is 1.14. The van der Waals surface area contributed by atoms with E-state index in [1.807, 2.05) is 0 Å². The molecule has 0 amide bonds. The molecule has 0 fully saturated rings. The Morgan fingerprint density at radius 3 is 1.90 bits per heavy atom. The summed E-state index contributed by atoms with van der Waals surface area (Å²) in [7, 11) is 0. The largest absolute Gasteiger partial charge is 0.374 e. The van der Waals surface area contributed by atoms with Crippen LogP contribution in [0, 0.1) is 0 Å². The van der Waals surface area contributed by atoms with Gasteiger partial charge in [0.2, 0.25) is 0 Å². The molecule has 0 atom stereocenters. The minimum Gasteiger partial charge on any atom is -0.295 e.